The summed E-state index contributed by atoms with van der Waals surface area (Å²) in [6.45, 7) is 3.73. The summed E-state index contributed by atoms with van der Waals surface area (Å²) in [5.74, 6) is 0.0392. The van der Waals surface area contributed by atoms with Crippen LogP contribution in [0.1, 0.15) is 31.9 Å². The van der Waals surface area contributed by atoms with Crippen molar-refractivity contribution >= 4 is 11.4 Å². The molecule has 0 spiro atoms. The van der Waals surface area contributed by atoms with Crippen molar-refractivity contribution in [1.82, 2.24) is 0 Å². The Bertz CT molecular complexity index is 446. The molecule has 1 aliphatic heterocycles. The molecule has 0 bridgehead atoms. The molecule has 100 valence electrons. The van der Waals surface area contributed by atoms with Gasteiger partial charge in [-0.1, -0.05) is 18.2 Å². The Balaban J connectivity index is 2.12. The van der Waals surface area contributed by atoms with Crippen LogP contribution in [0.15, 0.2) is 24.3 Å². The zero-order valence-corrected chi connectivity index (χ0v) is 11.1. The van der Waals surface area contributed by atoms with E-state index in [0.29, 0.717) is 6.42 Å². The van der Waals surface area contributed by atoms with Crippen molar-refractivity contribution in [2.45, 2.75) is 32.2 Å². The van der Waals surface area contributed by atoms with Crippen LogP contribution in [0, 0.1) is 0 Å². The van der Waals surface area contributed by atoms with E-state index in [0.717, 1.165) is 11.3 Å². The second-order valence-electron chi connectivity index (χ2n) is 4.46. The summed E-state index contributed by atoms with van der Waals surface area (Å²) in [6.07, 6.45) is 0.228. The first kappa shape index (κ1) is 13.5. The molecule has 0 fully saturated rings. The van der Waals surface area contributed by atoms with Crippen molar-refractivity contribution in [2.75, 3.05) is 6.61 Å². The fourth-order valence-electron chi connectivity index (χ4n) is 1.97. The number of rotatable bonds is 4. The lowest BCUT2D eigenvalue weighted by Gasteiger charge is -2.37. The van der Waals surface area contributed by atoms with Gasteiger partial charge in [0.05, 0.1) is 24.1 Å². The molecule has 0 radical (unpaired) electrons. The standard InChI is InChI=1S/C12H16O5S/c1-12(2)16-10-6-4-3-5-9(10)11(17-12)7-8-15-18(13)14/h3-6,11H,7-8H2,1-2H3,(H,13,14)/p-1. The quantitative estimate of drug-likeness (QED) is 0.784. The normalized spacial score (nSPS) is 22.9. The number of hydrogen-bond acceptors (Lipinski definition) is 5. The second-order valence-corrected chi connectivity index (χ2v) is 5.10. The van der Waals surface area contributed by atoms with Crippen LogP contribution in [0.4, 0.5) is 0 Å². The smallest absolute Gasteiger partial charge is 0.205 e. The van der Waals surface area contributed by atoms with Crippen LogP contribution in [0.25, 0.3) is 0 Å². The Morgan fingerprint density at radius 1 is 1.44 bits per heavy atom. The molecule has 1 aromatic carbocycles. The summed E-state index contributed by atoms with van der Waals surface area (Å²) in [7, 11) is 0. The number of hydrogen-bond donors (Lipinski definition) is 0. The van der Waals surface area contributed by atoms with Gasteiger partial charge in [-0.15, -0.1) is 0 Å². The summed E-state index contributed by atoms with van der Waals surface area (Å²) in [5.41, 5.74) is 0.914. The van der Waals surface area contributed by atoms with E-state index in [1.807, 2.05) is 38.1 Å². The first-order valence-corrected chi connectivity index (χ1v) is 6.66. The first-order valence-electron chi connectivity index (χ1n) is 5.66. The van der Waals surface area contributed by atoms with Crippen LogP contribution in [0.5, 0.6) is 5.75 Å². The lowest BCUT2D eigenvalue weighted by molar-refractivity contribution is -0.209. The molecule has 0 amide bonds. The molecule has 1 aromatic rings. The third kappa shape index (κ3) is 3.29. The molecule has 18 heavy (non-hydrogen) atoms. The third-order valence-corrected chi connectivity index (χ3v) is 2.97. The minimum Gasteiger partial charge on any atom is -0.750 e. The van der Waals surface area contributed by atoms with Gasteiger partial charge in [0.25, 0.3) is 0 Å². The number of fused-ring (bicyclic) bond motifs is 1. The summed E-state index contributed by atoms with van der Waals surface area (Å²) < 4.78 is 36.6. The molecule has 2 atom stereocenters. The second kappa shape index (κ2) is 5.36. The molecule has 0 aromatic heterocycles. The van der Waals surface area contributed by atoms with Crippen molar-refractivity contribution in [2.24, 2.45) is 0 Å². The van der Waals surface area contributed by atoms with Gasteiger partial charge in [0.1, 0.15) is 5.75 Å². The van der Waals surface area contributed by atoms with Gasteiger partial charge in [0.2, 0.25) is 5.79 Å². The summed E-state index contributed by atoms with van der Waals surface area (Å²) in [4.78, 5) is 0. The van der Waals surface area contributed by atoms with Crippen LogP contribution in [0.3, 0.4) is 0 Å². The van der Waals surface area contributed by atoms with Gasteiger partial charge in [-0.25, -0.2) is 4.21 Å². The number of para-hydroxylation sites is 1. The SMILES string of the molecule is CC1(C)Oc2ccccc2C(CCOS(=O)[O-])O1. The van der Waals surface area contributed by atoms with Crippen LogP contribution >= 0.6 is 0 Å². The fraction of sp³-hybridized carbons (Fsp3) is 0.500. The van der Waals surface area contributed by atoms with E-state index in [1.54, 1.807) is 0 Å². The summed E-state index contributed by atoms with van der Waals surface area (Å²) >= 11 is -2.48. The molecule has 5 nitrogen and oxygen atoms in total. The fourth-order valence-corrected chi connectivity index (χ4v) is 2.20. The van der Waals surface area contributed by atoms with Crippen molar-refractivity contribution in [3.05, 3.63) is 29.8 Å². The minimum absolute atomic E-state index is 0.0885. The van der Waals surface area contributed by atoms with E-state index in [4.69, 9.17) is 9.47 Å². The van der Waals surface area contributed by atoms with Crippen LogP contribution in [-0.4, -0.2) is 21.2 Å². The maximum Gasteiger partial charge on any atom is 0.205 e. The van der Waals surface area contributed by atoms with Crippen molar-refractivity contribution < 1.29 is 22.4 Å². The monoisotopic (exact) mass is 271 g/mol. The van der Waals surface area contributed by atoms with Crippen LogP contribution < -0.4 is 4.74 Å². The molecule has 0 aliphatic carbocycles. The highest BCUT2D eigenvalue weighted by Gasteiger charge is 2.33. The van der Waals surface area contributed by atoms with Gasteiger partial charge in [-0.2, -0.15) is 0 Å². The Labute approximate surface area is 109 Å². The van der Waals surface area contributed by atoms with E-state index in [-0.39, 0.29) is 12.7 Å². The Kier molecular flexibility index (Phi) is 4.01. The van der Waals surface area contributed by atoms with E-state index < -0.39 is 17.1 Å². The predicted octanol–water partition coefficient (Wildman–Crippen LogP) is 2.07. The minimum atomic E-state index is -2.48. The molecule has 0 N–H and O–H groups in total. The van der Waals surface area contributed by atoms with E-state index in [2.05, 4.69) is 4.18 Å². The van der Waals surface area contributed by atoms with E-state index in [1.165, 1.54) is 0 Å². The van der Waals surface area contributed by atoms with Gasteiger partial charge in [0.15, 0.2) is 0 Å². The van der Waals surface area contributed by atoms with E-state index >= 15 is 0 Å². The maximum atomic E-state index is 10.3. The van der Waals surface area contributed by atoms with E-state index in [9.17, 15) is 8.76 Å². The van der Waals surface area contributed by atoms with Crippen LogP contribution in [0.2, 0.25) is 0 Å². The van der Waals surface area contributed by atoms with Gasteiger partial charge in [-0.05, 0) is 6.07 Å². The highest BCUT2D eigenvalue weighted by Crippen LogP contribution is 2.39. The maximum absolute atomic E-state index is 10.3. The molecule has 2 rings (SSSR count). The summed E-state index contributed by atoms with van der Waals surface area (Å²) in [6, 6.07) is 7.56. The van der Waals surface area contributed by atoms with Crippen LogP contribution in [-0.2, 0) is 20.3 Å². The molecular weight excluding hydrogens is 256 g/mol. The third-order valence-electron chi connectivity index (χ3n) is 2.61. The Hall–Kier alpha value is -0.950. The Morgan fingerprint density at radius 2 is 2.17 bits per heavy atom. The highest BCUT2D eigenvalue weighted by atomic mass is 32.2. The number of ether oxygens (including phenoxy) is 2. The van der Waals surface area contributed by atoms with Gasteiger partial charge in [0, 0.05) is 25.8 Å². The zero-order valence-electron chi connectivity index (χ0n) is 10.3. The predicted molar refractivity (Wildman–Crippen MR) is 64.5 cm³/mol. The first-order chi connectivity index (χ1) is 8.48. The molecule has 2 unspecified atom stereocenters. The van der Waals surface area contributed by atoms with Crippen molar-refractivity contribution in [3.8, 4) is 5.75 Å². The van der Waals surface area contributed by atoms with Crippen molar-refractivity contribution in [3.63, 3.8) is 0 Å². The molecular formula is C12H15O5S-. The lowest BCUT2D eigenvalue weighted by Crippen LogP contribution is -2.38. The Morgan fingerprint density at radius 3 is 2.89 bits per heavy atom. The zero-order chi connectivity index (χ0) is 13.2. The average Bonchev–Trinajstić information content (AvgIpc) is 2.27. The molecule has 1 heterocycles. The highest BCUT2D eigenvalue weighted by molar-refractivity contribution is 7.74. The summed E-state index contributed by atoms with van der Waals surface area (Å²) in [5, 5.41) is 0. The largest absolute Gasteiger partial charge is 0.750 e. The van der Waals surface area contributed by atoms with Gasteiger partial charge < -0.3 is 18.2 Å². The average molecular weight is 271 g/mol. The van der Waals surface area contributed by atoms with Gasteiger partial charge in [-0.3, -0.25) is 0 Å². The molecule has 6 heteroatoms. The lowest BCUT2D eigenvalue weighted by atomic mass is 10.0. The molecule has 0 saturated heterocycles. The van der Waals surface area contributed by atoms with Crippen molar-refractivity contribution in [1.29, 1.82) is 0 Å². The molecule has 1 aliphatic rings. The topological polar surface area (TPSA) is 67.8 Å². The van der Waals surface area contributed by atoms with Gasteiger partial charge >= 0.3 is 0 Å². The molecule has 0 saturated carbocycles. The number of benzene rings is 1.